The van der Waals surface area contributed by atoms with Crippen molar-refractivity contribution in [1.82, 2.24) is 4.98 Å². The predicted molar refractivity (Wildman–Crippen MR) is 114 cm³/mol. The highest BCUT2D eigenvalue weighted by atomic mass is 16.5. The fourth-order valence-corrected chi connectivity index (χ4v) is 3.92. The lowest BCUT2D eigenvalue weighted by atomic mass is 9.86. The topological polar surface area (TPSA) is 92.4 Å². The maximum atomic E-state index is 12.1. The summed E-state index contributed by atoms with van der Waals surface area (Å²) in [4.78, 5) is 16.9. The molecular formula is C24H20N2O4. The third kappa shape index (κ3) is 3.58. The monoisotopic (exact) mass is 400 g/mol. The van der Waals surface area contributed by atoms with Gasteiger partial charge in [0.1, 0.15) is 6.07 Å². The number of carboxylic acid groups (broad SMARTS) is 1. The van der Waals surface area contributed by atoms with Gasteiger partial charge in [-0.25, -0.2) is 9.78 Å². The molecule has 2 aromatic carbocycles. The van der Waals surface area contributed by atoms with Gasteiger partial charge in [-0.2, -0.15) is 5.26 Å². The van der Waals surface area contributed by atoms with E-state index in [9.17, 15) is 9.90 Å². The molecule has 1 aliphatic carbocycles. The maximum absolute atomic E-state index is 12.1. The van der Waals surface area contributed by atoms with Crippen LogP contribution in [-0.4, -0.2) is 29.8 Å². The molecule has 0 saturated carbocycles. The van der Waals surface area contributed by atoms with E-state index >= 15 is 0 Å². The number of aromatic nitrogens is 1. The first-order chi connectivity index (χ1) is 14.6. The Labute approximate surface area is 174 Å². The number of nitrogens with zero attached hydrogens (tertiary/aromatic N) is 2. The minimum absolute atomic E-state index is 0.0564. The average molecular weight is 400 g/mol. The number of methoxy groups -OCH3 is 1. The van der Waals surface area contributed by atoms with Crippen molar-refractivity contribution >= 4 is 28.5 Å². The molecule has 1 aliphatic rings. The molecule has 150 valence electrons. The van der Waals surface area contributed by atoms with Gasteiger partial charge in [-0.1, -0.05) is 24.3 Å². The second-order valence-electron chi connectivity index (χ2n) is 7.02. The molecule has 3 aromatic rings. The molecule has 1 N–H and O–H groups in total. The standard InChI is InChI=1S/C24H20N2O4/c1-29-21-14-15(9-10-20(21)30-12-11-25)13-16-5-4-7-18-22(24(27)28)17-6-2-3-8-19(17)26-23(16)18/h2-3,6,8-10,13-14H,4-5,7,12H2,1H3,(H,27,28)/b16-13+. The number of benzene rings is 2. The molecular weight excluding hydrogens is 380 g/mol. The molecule has 0 fully saturated rings. The van der Waals surface area contributed by atoms with E-state index < -0.39 is 5.97 Å². The normalized spacial score (nSPS) is 14.2. The molecule has 0 unspecified atom stereocenters. The van der Waals surface area contributed by atoms with E-state index in [0.717, 1.165) is 35.2 Å². The van der Waals surface area contributed by atoms with Crippen molar-refractivity contribution in [2.75, 3.05) is 13.7 Å². The van der Waals surface area contributed by atoms with Crippen molar-refractivity contribution in [2.24, 2.45) is 0 Å². The van der Waals surface area contributed by atoms with Gasteiger partial charge < -0.3 is 14.6 Å². The van der Waals surface area contributed by atoms with Gasteiger partial charge in [-0.05, 0) is 60.2 Å². The number of nitriles is 1. The molecule has 0 spiro atoms. The summed E-state index contributed by atoms with van der Waals surface area (Å²) in [7, 11) is 1.55. The van der Waals surface area contributed by atoms with Crippen LogP contribution in [0.1, 0.15) is 40.0 Å². The quantitative estimate of drug-likeness (QED) is 0.666. The zero-order valence-corrected chi connectivity index (χ0v) is 16.5. The predicted octanol–water partition coefficient (Wildman–Crippen LogP) is 4.72. The fourth-order valence-electron chi connectivity index (χ4n) is 3.92. The minimum atomic E-state index is -0.924. The smallest absolute Gasteiger partial charge is 0.336 e. The molecule has 0 radical (unpaired) electrons. The summed E-state index contributed by atoms with van der Waals surface area (Å²) in [5.74, 6) is 0.114. The van der Waals surface area contributed by atoms with Gasteiger partial charge >= 0.3 is 5.97 Å². The molecule has 6 nitrogen and oxygen atoms in total. The average Bonchev–Trinajstić information content (AvgIpc) is 2.76. The van der Waals surface area contributed by atoms with E-state index in [4.69, 9.17) is 19.7 Å². The number of carboxylic acids is 1. The lowest BCUT2D eigenvalue weighted by molar-refractivity contribution is 0.0697. The van der Waals surface area contributed by atoms with E-state index in [2.05, 4.69) is 0 Å². The number of fused-ring (bicyclic) bond motifs is 2. The van der Waals surface area contributed by atoms with Crippen LogP contribution in [0.4, 0.5) is 0 Å². The Bertz CT molecular complexity index is 1210. The summed E-state index contributed by atoms with van der Waals surface area (Å²) in [6.45, 7) is -0.0564. The van der Waals surface area contributed by atoms with Crippen molar-refractivity contribution in [3.63, 3.8) is 0 Å². The first-order valence-electron chi connectivity index (χ1n) is 9.66. The van der Waals surface area contributed by atoms with Crippen molar-refractivity contribution in [3.05, 3.63) is 64.8 Å². The van der Waals surface area contributed by atoms with Crippen LogP contribution in [0.2, 0.25) is 0 Å². The number of pyridine rings is 1. The Morgan fingerprint density at radius 3 is 2.83 bits per heavy atom. The highest BCUT2D eigenvalue weighted by molar-refractivity contribution is 6.05. The summed E-state index contributed by atoms with van der Waals surface area (Å²) in [6, 6.07) is 14.8. The summed E-state index contributed by atoms with van der Waals surface area (Å²) in [5.41, 5.74) is 4.46. The Morgan fingerprint density at radius 1 is 1.23 bits per heavy atom. The third-order valence-corrected chi connectivity index (χ3v) is 5.20. The minimum Gasteiger partial charge on any atom is -0.493 e. The summed E-state index contributed by atoms with van der Waals surface area (Å²) < 4.78 is 10.8. The molecule has 4 rings (SSSR count). The number of allylic oxidation sites excluding steroid dienone is 1. The van der Waals surface area contributed by atoms with Crippen molar-refractivity contribution < 1.29 is 19.4 Å². The zero-order chi connectivity index (χ0) is 21.1. The van der Waals surface area contributed by atoms with Crippen LogP contribution in [-0.2, 0) is 6.42 Å². The van der Waals surface area contributed by atoms with Gasteiger partial charge in [0.15, 0.2) is 18.1 Å². The summed E-state index contributed by atoms with van der Waals surface area (Å²) in [6.07, 6.45) is 4.38. The van der Waals surface area contributed by atoms with Gasteiger partial charge in [-0.15, -0.1) is 0 Å². The number of ether oxygens (including phenoxy) is 2. The van der Waals surface area contributed by atoms with Crippen LogP contribution in [0.5, 0.6) is 11.5 Å². The number of aromatic carboxylic acids is 1. The SMILES string of the molecule is COc1cc(/C=C2\CCCc3c2nc2ccccc2c3C(=O)O)ccc1OCC#N. The molecule has 1 aromatic heterocycles. The van der Waals surface area contributed by atoms with Crippen molar-refractivity contribution in [2.45, 2.75) is 19.3 Å². The van der Waals surface area contributed by atoms with Crippen molar-refractivity contribution in [1.29, 1.82) is 5.26 Å². The van der Waals surface area contributed by atoms with E-state index in [1.807, 2.05) is 48.5 Å². The van der Waals surface area contributed by atoms with Gasteiger partial charge in [0, 0.05) is 5.39 Å². The number of hydrogen-bond acceptors (Lipinski definition) is 5. The third-order valence-electron chi connectivity index (χ3n) is 5.20. The Morgan fingerprint density at radius 2 is 2.07 bits per heavy atom. The van der Waals surface area contributed by atoms with Gasteiger partial charge in [0.05, 0.1) is 23.9 Å². The largest absolute Gasteiger partial charge is 0.493 e. The van der Waals surface area contributed by atoms with Crippen LogP contribution in [0.15, 0.2) is 42.5 Å². The second-order valence-corrected chi connectivity index (χ2v) is 7.02. The van der Waals surface area contributed by atoms with Crippen LogP contribution >= 0.6 is 0 Å². The van der Waals surface area contributed by atoms with E-state index in [1.165, 1.54) is 0 Å². The number of hydrogen-bond donors (Lipinski definition) is 1. The highest BCUT2D eigenvalue weighted by Crippen LogP contribution is 2.37. The molecule has 0 amide bonds. The van der Waals surface area contributed by atoms with E-state index in [-0.39, 0.29) is 6.61 Å². The maximum Gasteiger partial charge on any atom is 0.336 e. The lowest BCUT2D eigenvalue weighted by Crippen LogP contribution is -2.13. The summed E-state index contributed by atoms with van der Waals surface area (Å²) >= 11 is 0. The zero-order valence-electron chi connectivity index (χ0n) is 16.5. The first kappa shape index (κ1) is 19.5. The molecule has 1 heterocycles. The molecule has 30 heavy (non-hydrogen) atoms. The first-order valence-corrected chi connectivity index (χ1v) is 9.66. The highest BCUT2D eigenvalue weighted by Gasteiger charge is 2.24. The summed E-state index contributed by atoms with van der Waals surface area (Å²) in [5, 5.41) is 19.3. The molecule has 0 saturated heterocycles. The molecule has 0 atom stereocenters. The van der Waals surface area contributed by atoms with E-state index in [0.29, 0.717) is 34.4 Å². The lowest BCUT2D eigenvalue weighted by Gasteiger charge is -2.21. The van der Waals surface area contributed by atoms with Gasteiger partial charge in [0.2, 0.25) is 0 Å². The molecule has 6 heteroatoms. The van der Waals surface area contributed by atoms with Crippen LogP contribution in [0, 0.1) is 11.3 Å². The Kier molecular flexibility index (Phi) is 5.36. The van der Waals surface area contributed by atoms with Crippen LogP contribution in [0.3, 0.4) is 0 Å². The van der Waals surface area contributed by atoms with Gasteiger partial charge in [0.25, 0.3) is 0 Å². The Balaban J connectivity index is 1.83. The van der Waals surface area contributed by atoms with Crippen LogP contribution < -0.4 is 9.47 Å². The van der Waals surface area contributed by atoms with Gasteiger partial charge in [-0.3, -0.25) is 0 Å². The molecule has 0 bridgehead atoms. The second kappa shape index (κ2) is 8.26. The number of rotatable bonds is 5. The van der Waals surface area contributed by atoms with Crippen LogP contribution in [0.25, 0.3) is 22.6 Å². The number of para-hydroxylation sites is 1. The van der Waals surface area contributed by atoms with E-state index in [1.54, 1.807) is 13.2 Å². The van der Waals surface area contributed by atoms with Crippen molar-refractivity contribution in [3.8, 4) is 17.6 Å². The molecule has 0 aliphatic heterocycles. The Hall–Kier alpha value is -3.85. The number of carbonyl (C=O) groups is 1. The fraction of sp³-hybridized carbons (Fsp3) is 0.208.